The molecule has 2 aromatic heterocycles. The summed E-state index contributed by atoms with van der Waals surface area (Å²) in [7, 11) is 0. The summed E-state index contributed by atoms with van der Waals surface area (Å²) in [5, 5.41) is 18.8. The Morgan fingerprint density at radius 3 is 2.65 bits per heavy atom. The lowest BCUT2D eigenvalue weighted by atomic mass is 9.89. The largest absolute Gasteiger partial charge is 0.507 e. The number of nitrogens with one attached hydrogen (secondary N) is 1. The molecule has 0 aliphatic carbocycles. The summed E-state index contributed by atoms with van der Waals surface area (Å²) in [6, 6.07) is 10.9. The molecule has 1 aliphatic rings. The van der Waals surface area contributed by atoms with Crippen LogP contribution in [0.25, 0.3) is 22.3 Å². The smallest absolute Gasteiger partial charge is 0.246 e. The van der Waals surface area contributed by atoms with Gasteiger partial charge < -0.3 is 15.0 Å². The molecule has 4 rings (SSSR count). The van der Waals surface area contributed by atoms with Crippen LogP contribution in [0.3, 0.4) is 0 Å². The molecular formula is C20H22N4O2. The van der Waals surface area contributed by atoms with E-state index in [9.17, 15) is 9.90 Å². The minimum absolute atomic E-state index is 0.0521. The van der Waals surface area contributed by atoms with Crippen molar-refractivity contribution < 1.29 is 9.90 Å². The van der Waals surface area contributed by atoms with E-state index in [2.05, 4.69) is 35.6 Å². The highest BCUT2D eigenvalue weighted by molar-refractivity contribution is 5.88. The van der Waals surface area contributed by atoms with Gasteiger partial charge in [0.25, 0.3) is 0 Å². The van der Waals surface area contributed by atoms with Gasteiger partial charge in [-0.15, -0.1) is 10.2 Å². The summed E-state index contributed by atoms with van der Waals surface area (Å²) in [5.41, 5.74) is 2.19. The molecule has 0 radical (unpaired) electrons. The topological polar surface area (TPSA) is 82.1 Å². The average Bonchev–Trinajstić information content (AvgIpc) is 3.09. The predicted octanol–water partition coefficient (Wildman–Crippen LogP) is 3.51. The van der Waals surface area contributed by atoms with Crippen molar-refractivity contribution in [3.05, 3.63) is 55.3 Å². The van der Waals surface area contributed by atoms with Gasteiger partial charge in [-0.05, 0) is 50.6 Å². The zero-order valence-corrected chi connectivity index (χ0v) is 14.9. The van der Waals surface area contributed by atoms with E-state index >= 15 is 0 Å². The highest BCUT2D eigenvalue weighted by atomic mass is 16.3. The highest BCUT2D eigenvalue weighted by Crippen LogP contribution is 2.29. The number of para-hydroxylation sites is 1. The number of nitrogens with zero attached hydrogens (tertiary/aromatic N) is 3. The normalized spacial score (nSPS) is 14.9. The van der Waals surface area contributed by atoms with E-state index in [4.69, 9.17) is 0 Å². The molecule has 1 fully saturated rings. The van der Waals surface area contributed by atoms with Crippen LogP contribution in [-0.4, -0.2) is 43.2 Å². The molecule has 0 saturated carbocycles. The molecular weight excluding hydrogens is 328 g/mol. The second-order valence-corrected chi connectivity index (χ2v) is 6.78. The number of H-pyrrole nitrogens is 1. The first kappa shape index (κ1) is 17.7. The summed E-state index contributed by atoms with van der Waals surface area (Å²) in [5.74, 6) is 0.267. The average molecular weight is 350 g/mol. The fraction of sp³-hybridized carbons (Fsp3) is 0.250. The van der Waals surface area contributed by atoms with Crippen LogP contribution in [0.1, 0.15) is 20.3 Å². The Morgan fingerprint density at radius 1 is 1.31 bits per heavy atom. The molecule has 3 aromatic rings. The van der Waals surface area contributed by atoms with Crippen molar-refractivity contribution in [2.75, 3.05) is 6.54 Å². The number of likely N-dealkylation sites (tertiary alicyclic amines) is 1. The maximum Gasteiger partial charge on any atom is 0.246 e. The molecule has 1 amide bonds. The molecule has 1 aliphatic heterocycles. The van der Waals surface area contributed by atoms with Gasteiger partial charge in [0, 0.05) is 29.2 Å². The monoisotopic (exact) mass is 350 g/mol. The SMILES string of the molecule is C=CC(=O)N1CCC1(C)C.Oc1ccccc1-c1cc2cc[nH]c2nn1. The van der Waals surface area contributed by atoms with E-state index in [0.29, 0.717) is 11.3 Å². The number of carbonyl (C=O) groups excluding carboxylic acids is 1. The zero-order chi connectivity index (χ0) is 18.7. The third-order valence-corrected chi connectivity index (χ3v) is 4.60. The molecule has 1 saturated heterocycles. The molecule has 2 N–H and O–H groups in total. The van der Waals surface area contributed by atoms with Crippen LogP contribution in [0.4, 0.5) is 0 Å². The molecule has 134 valence electrons. The van der Waals surface area contributed by atoms with Crippen molar-refractivity contribution in [3.8, 4) is 17.0 Å². The number of amides is 1. The predicted molar refractivity (Wildman–Crippen MR) is 102 cm³/mol. The molecule has 1 aromatic carbocycles. The first-order chi connectivity index (χ1) is 12.4. The minimum Gasteiger partial charge on any atom is -0.507 e. The lowest BCUT2D eigenvalue weighted by molar-refractivity contribution is -0.138. The van der Waals surface area contributed by atoms with Crippen molar-refractivity contribution in [2.24, 2.45) is 0 Å². The number of phenols is 1. The van der Waals surface area contributed by atoms with Crippen LogP contribution in [0, 0.1) is 0 Å². The molecule has 0 atom stereocenters. The number of aromatic hydroxyl groups is 1. The van der Waals surface area contributed by atoms with Crippen LogP contribution in [0.15, 0.2) is 55.3 Å². The summed E-state index contributed by atoms with van der Waals surface area (Å²) >= 11 is 0. The van der Waals surface area contributed by atoms with Crippen molar-refractivity contribution in [2.45, 2.75) is 25.8 Å². The first-order valence-corrected chi connectivity index (χ1v) is 8.45. The van der Waals surface area contributed by atoms with Crippen molar-refractivity contribution in [1.29, 1.82) is 0 Å². The second-order valence-electron chi connectivity index (χ2n) is 6.78. The van der Waals surface area contributed by atoms with Gasteiger partial charge in [-0.3, -0.25) is 4.79 Å². The lowest BCUT2D eigenvalue weighted by Crippen LogP contribution is -2.57. The number of rotatable bonds is 2. The number of benzene rings is 1. The highest BCUT2D eigenvalue weighted by Gasteiger charge is 2.37. The van der Waals surface area contributed by atoms with E-state index in [1.165, 1.54) is 6.08 Å². The van der Waals surface area contributed by atoms with Crippen molar-refractivity contribution in [3.63, 3.8) is 0 Å². The molecule has 6 nitrogen and oxygen atoms in total. The maximum absolute atomic E-state index is 11.0. The van der Waals surface area contributed by atoms with Gasteiger partial charge in [-0.2, -0.15) is 0 Å². The fourth-order valence-corrected chi connectivity index (χ4v) is 2.87. The van der Waals surface area contributed by atoms with Crippen LogP contribution in [-0.2, 0) is 4.79 Å². The van der Waals surface area contributed by atoms with Crippen molar-refractivity contribution >= 4 is 16.9 Å². The Bertz CT molecular complexity index is 946. The van der Waals surface area contributed by atoms with Crippen LogP contribution in [0.2, 0.25) is 0 Å². The number of aromatic amines is 1. The van der Waals surface area contributed by atoms with Crippen molar-refractivity contribution in [1.82, 2.24) is 20.1 Å². The van der Waals surface area contributed by atoms with E-state index in [-0.39, 0.29) is 17.2 Å². The van der Waals surface area contributed by atoms with Crippen LogP contribution >= 0.6 is 0 Å². The third-order valence-electron chi connectivity index (χ3n) is 4.60. The lowest BCUT2D eigenvalue weighted by Gasteiger charge is -2.47. The Hall–Kier alpha value is -3.15. The van der Waals surface area contributed by atoms with Crippen LogP contribution in [0.5, 0.6) is 5.75 Å². The van der Waals surface area contributed by atoms with E-state index in [1.807, 2.05) is 35.4 Å². The quantitative estimate of drug-likeness (QED) is 0.693. The summed E-state index contributed by atoms with van der Waals surface area (Å²) in [4.78, 5) is 15.8. The van der Waals surface area contributed by atoms with Crippen LogP contribution < -0.4 is 0 Å². The summed E-state index contributed by atoms with van der Waals surface area (Å²) in [6.07, 6.45) is 4.29. The van der Waals surface area contributed by atoms with Gasteiger partial charge in [-0.25, -0.2) is 0 Å². The van der Waals surface area contributed by atoms with E-state index in [0.717, 1.165) is 24.0 Å². The standard InChI is InChI=1S/C12H9N3O.C8H13NO/c16-11-4-2-1-3-9(11)10-7-8-5-6-13-12(8)15-14-10;1-4-7(10)9-6-5-8(9,2)3/h1-7,16H,(H,13,15);4H,1,5-6H2,2-3H3. The third kappa shape index (κ3) is 3.44. The Labute approximate surface area is 152 Å². The molecule has 0 bridgehead atoms. The molecule has 6 heteroatoms. The van der Waals surface area contributed by atoms with Gasteiger partial charge in [0.2, 0.25) is 5.91 Å². The Morgan fingerprint density at radius 2 is 2.08 bits per heavy atom. The minimum atomic E-state index is 0.0521. The number of hydrogen-bond donors (Lipinski definition) is 2. The summed E-state index contributed by atoms with van der Waals surface area (Å²) < 4.78 is 0. The van der Waals surface area contributed by atoms with Gasteiger partial charge in [0.15, 0.2) is 5.65 Å². The van der Waals surface area contributed by atoms with Gasteiger partial charge >= 0.3 is 0 Å². The number of aromatic nitrogens is 3. The molecule has 0 spiro atoms. The van der Waals surface area contributed by atoms with E-state index in [1.54, 1.807) is 12.1 Å². The zero-order valence-electron chi connectivity index (χ0n) is 14.9. The van der Waals surface area contributed by atoms with E-state index < -0.39 is 0 Å². The first-order valence-electron chi connectivity index (χ1n) is 8.45. The van der Waals surface area contributed by atoms with Gasteiger partial charge in [-0.1, -0.05) is 18.7 Å². The molecule has 26 heavy (non-hydrogen) atoms. The van der Waals surface area contributed by atoms with Gasteiger partial charge in [0.1, 0.15) is 5.75 Å². The molecule has 3 heterocycles. The van der Waals surface area contributed by atoms with Gasteiger partial charge in [0.05, 0.1) is 5.69 Å². The second kappa shape index (κ2) is 7.00. The fourth-order valence-electron chi connectivity index (χ4n) is 2.87. The number of carbonyl (C=O) groups is 1. The number of fused-ring (bicyclic) bond motifs is 1. The molecule has 0 unspecified atom stereocenters. The summed E-state index contributed by atoms with van der Waals surface area (Å²) in [6.45, 7) is 8.46. The Balaban J connectivity index is 0.000000170. The maximum atomic E-state index is 11.0. The number of phenolic OH excluding ortho intramolecular Hbond substituents is 1. The Kier molecular flexibility index (Phi) is 4.75. The number of hydrogen-bond acceptors (Lipinski definition) is 4.